The molecule has 2 bridgehead atoms. The van der Waals surface area contributed by atoms with E-state index in [-0.39, 0.29) is 51.3 Å². The van der Waals surface area contributed by atoms with Crippen LogP contribution in [0, 0.1) is 23.7 Å². The molecule has 0 saturated heterocycles. The predicted octanol–water partition coefficient (Wildman–Crippen LogP) is 3.08. The molecule has 10 nitrogen and oxygen atoms in total. The highest BCUT2D eigenvalue weighted by Gasteiger charge is 2.54. The molecule has 1 amide bonds. The second-order valence-electron chi connectivity index (χ2n) is 10.8. The number of rotatable bonds is 6. The lowest BCUT2D eigenvalue weighted by molar-refractivity contribution is -0.139. The Morgan fingerprint density at radius 3 is 2.50 bits per heavy atom. The second-order valence-corrected chi connectivity index (χ2v) is 14.1. The minimum atomic E-state index is -4.27. The molecule has 1 aromatic rings. The van der Waals surface area contributed by atoms with Crippen molar-refractivity contribution >= 4 is 43.2 Å². The smallest absolute Gasteiger partial charge is 0.286 e. The predicted molar refractivity (Wildman–Crippen MR) is 137 cm³/mol. The van der Waals surface area contributed by atoms with Gasteiger partial charge in [-0.15, -0.1) is 4.40 Å². The highest BCUT2D eigenvalue weighted by molar-refractivity contribution is 7.92. The molecule has 0 spiro atoms. The standard InChI is InChI=1S/C24H32N4O6S2/c1-13(2)10-11-28-21-15-6-4-14(5-7-15)19(21)22(29)20(24(28)30)23-25-17-9-8-16(26-35(3,31)32)12-18(17)36(33,34)27-23/h8-9,12-15,19,21,26,29H,4-7,10-11H2,1-3H3,(H,25,27)/t14?,15?,19-,21+/m1/s1. The lowest BCUT2D eigenvalue weighted by Gasteiger charge is -2.55. The Morgan fingerprint density at radius 1 is 1.19 bits per heavy atom. The molecule has 3 saturated carbocycles. The number of nitrogens with one attached hydrogen (secondary N) is 2. The largest absolute Gasteiger partial charge is 0.511 e. The van der Waals surface area contributed by atoms with Crippen molar-refractivity contribution in [1.82, 2.24) is 4.90 Å². The average molecular weight is 537 g/mol. The van der Waals surface area contributed by atoms with Crippen LogP contribution in [0.25, 0.3) is 0 Å². The number of aliphatic hydroxyl groups excluding tert-OH is 1. The molecule has 2 aliphatic heterocycles. The van der Waals surface area contributed by atoms with Crippen molar-refractivity contribution in [2.24, 2.45) is 28.1 Å². The number of benzene rings is 1. The van der Waals surface area contributed by atoms with Gasteiger partial charge in [0.2, 0.25) is 10.0 Å². The molecule has 196 valence electrons. The van der Waals surface area contributed by atoms with Crippen LogP contribution in [-0.4, -0.2) is 57.4 Å². The van der Waals surface area contributed by atoms with E-state index in [1.165, 1.54) is 18.2 Å². The Morgan fingerprint density at radius 2 is 1.86 bits per heavy atom. The first-order valence-electron chi connectivity index (χ1n) is 12.3. The molecular formula is C24H32N4O6S2. The summed E-state index contributed by atoms with van der Waals surface area (Å²) in [5.74, 6) is 0.0546. The maximum absolute atomic E-state index is 13.8. The normalized spacial score (nSPS) is 28.9. The number of carbonyl (C=O) groups excluding carboxylic acids is 1. The first-order chi connectivity index (χ1) is 16.9. The summed E-state index contributed by atoms with van der Waals surface area (Å²) in [7, 11) is -7.88. The van der Waals surface area contributed by atoms with Crippen LogP contribution in [0.5, 0.6) is 0 Å². The van der Waals surface area contributed by atoms with Crippen molar-refractivity contribution in [3.63, 3.8) is 0 Å². The summed E-state index contributed by atoms with van der Waals surface area (Å²) < 4.78 is 55.6. The summed E-state index contributed by atoms with van der Waals surface area (Å²) in [6.45, 7) is 4.72. The quantitative estimate of drug-likeness (QED) is 0.506. The number of sulfonamides is 2. The van der Waals surface area contributed by atoms with Gasteiger partial charge in [-0.25, -0.2) is 8.42 Å². The fraction of sp³-hybridized carbons (Fsp3) is 0.583. The summed E-state index contributed by atoms with van der Waals surface area (Å²) in [5, 5.41) is 14.4. The number of hydrogen-bond donors (Lipinski definition) is 3. The third-order valence-corrected chi connectivity index (χ3v) is 9.72. The van der Waals surface area contributed by atoms with E-state index in [4.69, 9.17) is 0 Å². The monoisotopic (exact) mass is 536 g/mol. The first kappa shape index (κ1) is 25.1. The van der Waals surface area contributed by atoms with Gasteiger partial charge in [-0.2, -0.15) is 8.42 Å². The Hall–Kier alpha value is -2.60. The van der Waals surface area contributed by atoms with Gasteiger partial charge in [0.1, 0.15) is 16.2 Å². The van der Waals surface area contributed by atoms with Crippen molar-refractivity contribution in [3.8, 4) is 0 Å². The number of amides is 1. The Kier molecular flexibility index (Phi) is 6.10. The van der Waals surface area contributed by atoms with E-state index >= 15 is 0 Å². The Labute approximate surface area is 212 Å². The van der Waals surface area contributed by atoms with Crippen molar-refractivity contribution < 1.29 is 26.7 Å². The van der Waals surface area contributed by atoms with Gasteiger partial charge in [-0.05, 0) is 68.1 Å². The van der Waals surface area contributed by atoms with Crippen LogP contribution in [0.4, 0.5) is 11.4 Å². The molecule has 0 aromatic heterocycles. The molecule has 5 aliphatic rings. The molecule has 2 heterocycles. The van der Waals surface area contributed by atoms with Gasteiger partial charge in [-0.1, -0.05) is 13.8 Å². The second kappa shape index (κ2) is 8.76. The van der Waals surface area contributed by atoms with E-state index in [2.05, 4.69) is 28.3 Å². The molecule has 3 fully saturated rings. The zero-order valence-electron chi connectivity index (χ0n) is 20.6. The number of amidine groups is 1. The van der Waals surface area contributed by atoms with Gasteiger partial charge in [0.15, 0.2) is 5.84 Å². The fourth-order valence-corrected chi connectivity index (χ4v) is 7.92. The minimum absolute atomic E-state index is 0.0690. The maximum Gasteiger partial charge on any atom is 0.286 e. The van der Waals surface area contributed by atoms with Crippen molar-refractivity contribution in [1.29, 1.82) is 0 Å². The van der Waals surface area contributed by atoms with Crippen LogP contribution in [0.15, 0.2) is 38.8 Å². The van der Waals surface area contributed by atoms with Crippen LogP contribution in [0.3, 0.4) is 0 Å². The molecule has 0 radical (unpaired) electrons. The van der Waals surface area contributed by atoms with Crippen LogP contribution < -0.4 is 10.0 Å². The van der Waals surface area contributed by atoms with Gasteiger partial charge in [0, 0.05) is 24.2 Å². The summed E-state index contributed by atoms with van der Waals surface area (Å²) in [6, 6.07) is 3.95. The summed E-state index contributed by atoms with van der Waals surface area (Å²) >= 11 is 0. The highest BCUT2D eigenvalue weighted by Crippen LogP contribution is 2.52. The highest BCUT2D eigenvalue weighted by atomic mass is 32.2. The Balaban J connectivity index is 1.56. The summed E-state index contributed by atoms with van der Waals surface area (Å²) in [6.07, 6.45) is 5.79. The number of aliphatic hydroxyl groups is 1. The molecule has 0 unspecified atom stereocenters. The topological polar surface area (TPSA) is 145 Å². The van der Waals surface area contributed by atoms with Gasteiger partial charge in [0.25, 0.3) is 15.9 Å². The maximum atomic E-state index is 13.8. The molecule has 3 aliphatic carbocycles. The Bertz CT molecular complexity index is 1370. The fourth-order valence-electron chi connectivity index (χ4n) is 6.22. The zero-order valence-corrected chi connectivity index (χ0v) is 22.2. The third kappa shape index (κ3) is 4.38. The van der Waals surface area contributed by atoms with Gasteiger partial charge in [0.05, 0.1) is 11.9 Å². The van der Waals surface area contributed by atoms with E-state index in [0.717, 1.165) is 38.4 Å². The van der Waals surface area contributed by atoms with Crippen LogP contribution in [0.2, 0.25) is 0 Å². The van der Waals surface area contributed by atoms with Crippen molar-refractivity contribution in [2.45, 2.75) is 56.9 Å². The molecule has 1 aromatic carbocycles. The van der Waals surface area contributed by atoms with Gasteiger partial charge >= 0.3 is 0 Å². The minimum Gasteiger partial charge on any atom is -0.511 e. The van der Waals surface area contributed by atoms with E-state index in [0.29, 0.717) is 18.4 Å². The molecule has 6 rings (SSSR count). The van der Waals surface area contributed by atoms with Crippen molar-refractivity contribution in [3.05, 3.63) is 29.5 Å². The van der Waals surface area contributed by atoms with Crippen LogP contribution >= 0.6 is 0 Å². The number of hydrogen-bond acceptors (Lipinski definition) is 7. The van der Waals surface area contributed by atoms with E-state index in [1.807, 2.05) is 4.90 Å². The SMILES string of the molecule is CC(C)CCN1C(=O)C(C2=NS(=O)(=O)c3cc(NS(C)(=O)=O)ccc3N2)=C(O)[C@@H]2C3CCC(CC3)[C@@H]21. The van der Waals surface area contributed by atoms with E-state index < -0.39 is 26.0 Å². The van der Waals surface area contributed by atoms with Gasteiger partial charge in [-0.3, -0.25) is 9.52 Å². The molecule has 3 N–H and O–H groups in total. The molecule has 2 atom stereocenters. The number of anilines is 2. The van der Waals surface area contributed by atoms with Crippen LogP contribution in [-0.2, 0) is 24.8 Å². The van der Waals surface area contributed by atoms with Gasteiger partial charge < -0.3 is 15.3 Å². The van der Waals surface area contributed by atoms with Crippen LogP contribution in [0.1, 0.15) is 46.0 Å². The van der Waals surface area contributed by atoms with E-state index in [1.54, 1.807) is 0 Å². The molecule has 36 heavy (non-hydrogen) atoms. The third-order valence-electron chi connectivity index (χ3n) is 7.79. The van der Waals surface area contributed by atoms with E-state index in [9.17, 15) is 26.7 Å². The number of carbonyl (C=O) groups is 1. The lowest BCUT2D eigenvalue weighted by Crippen LogP contribution is -2.60. The summed E-state index contributed by atoms with van der Waals surface area (Å²) in [5.41, 5.74) is 0.158. The van der Waals surface area contributed by atoms with Crippen molar-refractivity contribution in [2.75, 3.05) is 22.8 Å². The average Bonchev–Trinajstić information content (AvgIpc) is 2.78. The molecular weight excluding hydrogens is 504 g/mol. The lowest BCUT2D eigenvalue weighted by atomic mass is 9.59. The summed E-state index contributed by atoms with van der Waals surface area (Å²) in [4.78, 5) is 15.5. The number of fused-ring (bicyclic) bond motifs is 3. The number of nitrogens with zero attached hydrogens (tertiary/aromatic N) is 2. The first-order valence-corrected chi connectivity index (χ1v) is 15.7. The zero-order chi connectivity index (χ0) is 26.0. The molecule has 12 heteroatoms.